The van der Waals surface area contributed by atoms with Crippen molar-refractivity contribution in [1.29, 1.82) is 0 Å². The molecule has 0 N–H and O–H groups in total. The van der Waals surface area contributed by atoms with Gasteiger partial charge in [0.2, 0.25) is 5.91 Å². The maximum Gasteiger partial charge on any atom is 0.212 e. The van der Waals surface area contributed by atoms with Gasteiger partial charge < -0.3 is 15.2 Å². The first-order valence-corrected chi connectivity index (χ1v) is 11.9. The highest BCUT2D eigenvalue weighted by Crippen LogP contribution is 2.13. The van der Waals surface area contributed by atoms with E-state index in [-0.39, 0.29) is 5.91 Å². The van der Waals surface area contributed by atoms with Crippen LogP contribution in [0, 0.1) is 5.21 Å². The van der Waals surface area contributed by atoms with Crippen molar-refractivity contribution in [2.75, 3.05) is 26.2 Å². The minimum absolute atomic E-state index is 0.224. The average molecular weight is 384 g/mol. The van der Waals surface area contributed by atoms with Gasteiger partial charge in [0, 0.05) is 13.0 Å². The van der Waals surface area contributed by atoms with Crippen LogP contribution in [0.2, 0.25) is 0 Å². The second kappa shape index (κ2) is 20.1. The van der Waals surface area contributed by atoms with E-state index in [1.54, 1.807) is 0 Å². The summed E-state index contributed by atoms with van der Waals surface area (Å²) in [6.07, 6.45) is 18.0. The summed E-state index contributed by atoms with van der Waals surface area (Å²) in [6, 6.07) is 0. The van der Waals surface area contributed by atoms with Gasteiger partial charge in [-0.25, -0.2) is 0 Å². The Morgan fingerprint density at radius 3 is 1.52 bits per heavy atom. The largest absolute Gasteiger partial charge is 0.756 e. The number of rotatable bonds is 20. The van der Waals surface area contributed by atoms with Crippen molar-refractivity contribution in [3.63, 3.8) is 0 Å². The van der Waals surface area contributed by atoms with Crippen molar-refractivity contribution in [3.05, 3.63) is 5.21 Å². The van der Waals surface area contributed by atoms with Gasteiger partial charge in [0.15, 0.2) is 0 Å². The van der Waals surface area contributed by atoms with Gasteiger partial charge >= 0.3 is 0 Å². The smallest absolute Gasteiger partial charge is 0.212 e. The number of hydroxylamine groups is 2. The molecule has 0 radical (unpaired) electrons. The maximum absolute atomic E-state index is 11.9. The van der Waals surface area contributed by atoms with E-state index in [1.165, 1.54) is 70.6 Å². The van der Waals surface area contributed by atoms with Crippen molar-refractivity contribution in [1.82, 2.24) is 9.96 Å². The standard InChI is InChI=1S/C23H47N2O2/c1-4-7-8-9-10-11-12-13-14-15-16-17-18-20-23(26)25(27)22-19-21-24(5-2)6-3/h4-22H2,1-3H3/q-1. The second-order valence-electron chi connectivity index (χ2n) is 7.87. The molecule has 0 fully saturated rings. The van der Waals surface area contributed by atoms with E-state index in [1.807, 2.05) is 0 Å². The van der Waals surface area contributed by atoms with Crippen LogP contribution in [-0.4, -0.2) is 42.0 Å². The van der Waals surface area contributed by atoms with Crippen molar-refractivity contribution < 1.29 is 4.79 Å². The van der Waals surface area contributed by atoms with Crippen LogP contribution in [0.15, 0.2) is 0 Å². The molecule has 0 saturated carbocycles. The van der Waals surface area contributed by atoms with Gasteiger partial charge in [0.1, 0.15) is 0 Å². The van der Waals surface area contributed by atoms with E-state index in [0.717, 1.165) is 38.9 Å². The Bertz CT molecular complexity index is 320. The van der Waals surface area contributed by atoms with Crippen LogP contribution in [0.4, 0.5) is 0 Å². The Morgan fingerprint density at radius 1 is 0.630 bits per heavy atom. The summed E-state index contributed by atoms with van der Waals surface area (Å²) in [6.45, 7) is 9.76. The molecule has 0 aromatic carbocycles. The molecule has 0 unspecified atom stereocenters. The quantitative estimate of drug-likeness (QED) is 0.177. The zero-order valence-corrected chi connectivity index (χ0v) is 18.6. The molecule has 0 aromatic rings. The molecule has 162 valence electrons. The van der Waals surface area contributed by atoms with Gasteiger partial charge in [-0.05, 0) is 32.5 Å². The van der Waals surface area contributed by atoms with E-state index in [0.29, 0.717) is 18.0 Å². The first-order chi connectivity index (χ1) is 13.2. The monoisotopic (exact) mass is 383 g/mol. The highest BCUT2D eigenvalue weighted by molar-refractivity contribution is 5.76. The molecule has 4 nitrogen and oxygen atoms in total. The predicted octanol–water partition coefficient (Wildman–Crippen LogP) is 6.53. The van der Waals surface area contributed by atoms with Crippen LogP contribution in [0.3, 0.4) is 0 Å². The first-order valence-electron chi connectivity index (χ1n) is 11.9. The average Bonchev–Trinajstić information content (AvgIpc) is 2.68. The Labute approximate surface area is 169 Å². The molecule has 0 aromatic heterocycles. The highest BCUT2D eigenvalue weighted by Gasteiger charge is 2.05. The SMILES string of the molecule is CCCCCCCCCCCCCCCC(=O)N([O-])CCCN(CC)CC. The van der Waals surface area contributed by atoms with Crippen LogP contribution < -0.4 is 0 Å². The molecule has 0 saturated heterocycles. The third-order valence-corrected chi connectivity index (χ3v) is 5.50. The molecule has 0 spiro atoms. The van der Waals surface area contributed by atoms with Crippen molar-refractivity contribution in [2.24, 2.45) is 0 Å². The maximum atomic E-state index is 11.9. The third kappa shape index (κ3) is 17.2. The third-order valence-electron chi connectivity index (χ3n) is 5.50. The minimum atomic E-state index is -0.224. The summed E-state index contributed by atoms with van der Waals surface area (Å²) in [4.78, 5) is 14.1. The normalized spacial score (nSPS) is 11.3. The lowest BCUT2D eigenvalue weighted by Crippen LogP contribution is -2.30. The van der Waals surface area contributed by atoms with Crippen LogP contribution in [-0.2, 0) is 4.79 Å². The number of hydrogen-bond acceptors (Lipinski definition) is 3. The fourth-order valence-corrected chi connectivity index (χ4v) is 3.52. The number of carbonyl (C=O) groups is 1. The topological polar surface area (TPSA) is 46.6 Å². The van der Waals surface area contributed by atoms with Gasteiger partial charge in [0.05, 0.1) is 0 Å². The summed E-state index contributed by atoms with van der Waals surface area (Å²) in [5.41, 5.74) is 0. The van der Waals surface area contributed by atoms with Gasteiger partial charge in [-0.1, -0.05) is 97.8 Å². The van der Waals surface area contributed by atoms with Gasteiger partial charge in [-0.15, -0.1) is 0 Å². The molecule has 0 bridgehead atoms. The van der Waals surface area contributed by atoms with Crippen molar-refractivity contribution in [2.45, 2.75) is 117 Å². The van der Waals surface area contributed by atoms with Crippen LogP contribution in [0.1, 0.15) is 117 Å². The van der Waals surface area contributed by atoms with Gasteiger partial charge in [-0.2, -0.15) is 0 Å². The number of amides is 1. The van der Waals surface area contributed by atoms with Crippen molar-refractivity contribution in [3.8, 4) is 0 Å². The van der Waals surface area contributed by atoms with E-state index >= 15 is 0 Å². The molecule has 0 rings (SSSR count). The fraction of sp³-hybridized carbons (Fsp3) is 0.957. The summed E-state index contributed by atoms with van der Waals surface area (Å²) in [5.74, 6) is -0.224. The lowest BCUT2D eigenvalue weighted by molar-refractivity contribution is -0.128. The van der Waals surface area contributed by atoms with Crippen LogP contribution in [0.25, 0.3) is 0 Å². The molecule has 0 atom stereocenters. The van der Waals surface area contributed by atoms with E-state index < -0.39 is 0 Å². The molecule has 0 aliphatic carbocycles. The highest BCUT2D eigenvalue weighted by atomic mass is 16.5. The van der Waals surface area contributed by atoms with Gasteiger partial charge in [0.25, 0.3) is 0 Å². The molecule has 1 amide bonds. The minimum Gasteiger partial charge on any atom is -0.756 e. The number of unbranched alkanes of at least 4 members (excludes halogenated alkanes) is 12. The molecule has 4 heteroatoms. The predicted molar refractivity (Wildman–Crippen MR) is 118 cm³/mol. The lowest BCUT2D eigenvalue weighted by Gasteiger charge is -2.29. The molecule has 27 heavy (non-hydrogen) atoms. The van der Waals surface area contributed by atoms with Gasteiger partial charge in [-0.3, -0.25) is 4.79 Å². The number of hydrogen-bond donors (Lipinski definition) is 0. The summed E-state index contributed by atoms with van der Waals surface area (Å²) in [7, 11) is 0. The molecular weight excluding hydrogens is 336 g/mol. The molecule has 0 aliphatic heterocycles. The van der Waals surface area contributed by atoms with E-state index in [2.05, 4.69) is 25.7 Å². The fourth-order valence-electron chi connectivity index (χ4n) is 3.52. The van der Waals surface area contributed by atoms with Crippen molar-refractivity contribution >= 4 is 5.91 Å². The molecule has 0 aliphatic rings. The Morgan fingerprint density at radius 2 is 1.07 bits per heavy atom. The Kier molecular flexibility index (Phi) is 19.7. The lowest BCUT2D eigenvalue weighted by atomic mass is 10.0. The summed E-state index contributed by atoms with van der Waals surface area (Å²) in [5, 5.41) is 12.5. The Balaban J connectivity index is 3.37. The Hall–Kier alpha value is -0.610. The summed E-state index contributed by atoms with van der Waals surface area (Å²) < 4.78 is 0. The van der Waals surface area contributed by atoms with E-state index in [9.17, 15) is 10.0 Å². The van der Waals surface area contributed by atoms with Crippen LogP contribution in [0.5, 0.6) is 0 Å². The number of nitrogens with zero attached hydrogens (tertiary/aromatic N) is 2. The second-order valence-corrected chi connectivity index (χ2v) is 7.87. The zero-order valence-electron chi connectivity index (χ0n) is 18.6. The van der Waals surface area contributed by atoms with E-state index in [4.69, 9.17) is 0 Å². The summed E-state index contributed by atoms with van der Waals surface area (Å²) >= 11 is 0. The first kappa shape index (κ1) is 26.4. The molecule has 0 heterocycles. The zero-order chi connectivity index (χ0) is 20.2. The number of carbonyl (C=O) groups excluding carboxylic acids is 1. The molecular formula is C23H47N2O2-. The van der Waals surface area contributed by atoms with Crippen LogP contribution >= 0.6 is 0 Å².